The van der Waals surface area contributed by atoms with Gasteiger partial charge in [0.25, 0.3) is 0 Å². The summed E-state index contributed by atoms with van der Waals surface area (Å²) >= 11 is 0. The van der Waals surface area contributed by atoms with Gasteiger partial charge in [-0.2, -0.15) is 0 Å². The van der Waals surface area contributed by atoms with Crippen LogP contribution in [0.3, 0.4) is 0 Å². The molecule has 3 nitrogen and oxygen atoms in total. The molecule has 110 valence electrons. The third-order valence-electron chi connectivity index (χ3n) is 4.64. The van der Waals surface area contributed by atoms with Crippen LogP contribution in [0.15, 0.2) is 24.3 Å². The van der Waals surface area contributed by atoms with Crippen LogP contribution >= 0.6 is 0 Å². The van der Waals surface area contributed by atoms with Crippen LogP contribution in [0.25, 0.3) is 0 Å². The minimum atomic E-state index is -0.211. The first-order valence-electron chi connectivity index (χ1n) is 7.72. The molecule has 2 atom stereocenters. The van der Waals surface area contributed by atoms with Crippen molar-refractivity contribution in [1.82, 2.24) is 10.6 Å². The normalized spacial score (nSPS) is 23.6. The maximum Gasteiger partial charge on any atom is 0.228 e. The number of hydrogen-bond donors (Lipinski definition) is 2. The van der Waals surface area contributed by atoms with Crippen LogP contribution in [0.2, 0.25) is 0 Å². The zero-order valence-corrected chi connectivity index (χ0v) is 12.8. The van der Waals surface area contributed by atoms with Gasteiger partial charge in [-0.1, -0.05) is 38.1 Å². The molecule has 1 aromatic rings. The van der Waals surface area contributed by atoms with Crippen LogP contribution in [-0.4, -0.2) is 19.0 Å². The van der Waals surface area contributed by atoms with Crippen LogP contribution in [-0.2, 0) is 11.2 Å². The van der Waals surface area contributed by atoms with Crippen LogP contribution in [0.1, 0.15) is 50.8 Å². The van der Waals surface area contributed by atoms with Crippen LogP contribution in [0.5, 0.6) is 0 Å². The van der Waals surface area contributed by atoms with Gasteiger partial charge < -0.3 is 10.6 Å². The van der Waals surface area contributed by atoms with Gasteiger partial charge in [0.1, 0.15) is 0 Å². The highest BCUT2D eigenvalue weighted by atomic mass is 16.2. The van der Waals surface area contributed by atoms with E-state index in [0.717, 1.165) is 32.4 Å². The van der Waals surface area contributed by atoms with E-state index in [0.29, 0.717) is 0 Å². The summed E-state index contributed by atoms with van der Waals surface area (Å²) in [6.45, 7) is 8.06. The minimum Gasteiger partial charge on any atom is -0.349 e. The summed E-state index contributed by atoms with van der Waals surface area (Å²) in [6.07, 6.45) is 2.88. The van der Waals surface area contributed by atoms with Gasteiger partial charge >= 0.3 is 0 Å². The number of nitrogens with one attached hydrogen (secondary N) is 2. The second-order valence-electron chi connectivity index (χ2n) is 5.85. The van der Waals surface area contributed by atoms with Crippen LogP contribution < -0.4 is 10.6 Å². The van der Waals surface area contributed by atoms with Gasteiger partial charge in [0.2, 0.25) is 5.91 Å². The van der Waals surface area contributed by atoms with Crippen molar-refractivity contribution in [2.24, 2.45) is 5.41 Å². The van der Waals surface area contributed by atoms with Gasteiger partial charge in [-0.3, -0.25) is 4.79 Å². The molecule has 20 heavy (non-hydrogen) atoms. The Labute approximate surface area is 122 Å². The van der Waals surface area contributed by atoms with E-state index in [1.807, 2.05) is 0 Å². The molecule has 3 heteroatoms. The Morgan fingerprint density at radius 3 is 2.55 bits per heavy atom. The molecular weight excluding hydrogens is 248 g/mol. The van der Waals surface area contributed by atoms with E-state index in [4.69, 9.17) is 0 Å². The molecule has 0 saturated carbocycles. The highest BCUT2D eigenvalue weighted by Gasteiger charge is 2.39. The lowest BCUT2D eigenvalue weighted by Crippen LogP contribution is -2.43. The smallest absolute Gasteiger partial charge is 0.228 e. The standard InChI is InChI=1S/C17H26N2O/c1-4-14-6-8-15(9-7-14)13(3)19-16(20)17(5-2)10-11-18-12-17/h6-9,13,18H,4-5,10-12H2,1-3H3,(H,19,20). The van der Waals surface area contributed by atoms with Gasteiger partial charge in [0, 0.05) is 6.54 Å². The van der Waals surface area contributed by atoms with Crippen molar-refractivity contribution in [3.63, 3.8) is 0 Å². The van der Waals surface area contributed by atoms with Crippen molar-refractivity contribution in [2.45, 2.75) is 46.1 Å². The lowest BCUT2D eigenvalue weighted by molar-refractivity contribution is -0.131. The predicted molar refractivity (Wildman–Crippen MR) is 82.6 cm³/mol. The summed E-state index contributed by atoms with van der Waals surface area (Å²) < 4.78 is 0. The fraction of sp³-hybridized carbons (Fsp3) is 0.588. The third-order valence-corrected chi connectivity index (χ3v) is 4.64. The summed E-state index contributed by atoms with van der Waals surface area (Å²) in [4.78, 5) is 12.6. The SMILES string of the molecule is CCc1ccc(C(C)NC(=O)C2(CC)CCNC2)cc1. The lowest BCUT2D eigenvalue weighted by atomic mass is 9.83. The van der Waals surface area contributed by atoms with Crippen molar-refractivity contribution in [3.8, 4) is 0 Å². The molecule has 0 bridgehead atoms. The van der Waals surface area contributed by atoms with Gasteiger partial charge in [0.15, 0.2) is 0 Å². The molecule has 2 rings (SSSR count). The average molecular weight is 274 g/mol. The first-order valence-corrected chi connectivity index (χ1v) is 7.72. The summed E-state index contributed by atoms with van der Waals surface area (Å²) in [5.41, 5.74) is 2.29. The first-order chi connectivity index (χ1) is 9.61. The number of carbonyl (C=O) groups is 1. The van der Waals surface area contributed by atoms with Gasteiger partial charge in [-0.05, 0) is 43.9 Å². The molecule has 0 radical (unpaired) electrons. The Hall–Kier alpha value is -1.35. The van der Waals surface area contributed by atoms with E-state index >= 15 is 0 Å². The van der Waals surface area contributed by atoms with Gasteiger partial charge in [0.05, 0.1) is 11.5 Å². The van der Waals surface area contributed by atoms with Crippen molar-refractivity contribution < 1.29 is 4.79 Å². The molecule has 1 aliphatic heterocycles. The van der Waals surface area contributed by atoms with Crippen LogP contribution in [0.4, 0.5) is 0 Å². The monoisotopic (exact) mass is 274 g/mol. The summed E-state index contributed by atoms with van der Waals surface area (Å²) in [6, 6.07) is 8.59. The molecule has 1 fully saturated rings. The zero-order chi connectivity index (χ0) is 14.6. The van der Waals surface area contributed by atoms with Crippen LogP contribution in [0, 0.1) is 5.41 Å². The van der Waals surface area contributed by atoms with Crippen molar-refractivity contribution in [2.75, 3.05) is 13.1 Å². The maximum atomic E-state index is 12.6. The van der Waals surface area contributed by atoms with E-state index in [2.05, 4.69) is 55.7 Å². The Kier molecular flexibility index (Phi) is 4.81. The quantitative estimate of drug-likeness (QED) is 0.867. The maximum absolute atomic E-state index is 12.6. The summed E-state index contributed by atoms with van der Waals surface area (Å²) in [5, 5.41) is 6.50. The Morgan fingerprint density at radius 1 is 1.35 bits per heavy atom. The summed E-state index contributed by atoms with van der Waals surface area (Å²) in [7, 11) is 0. The third kappa shape index (κ3) is 3.04. The minimum absolute atomic E-state index is 0.0671. The second-order valence-corrected chi connectivity index (χ2v) is 5.85. The number of hydrogen-bond acceptors (Lipinski definition) is 2. The Morgan fingerprint density at radius 2 is 2.05 bits per heavy atom. The highest BCUT2D eigenvalue weighted by molar-refractivity contribution is 5.83. The van der Waals surface area contributed by atoms with Gasteiger partial charge in [-0.15, -0.1) is 0 Å². The molecule has 2 unspecified atom stereocenters. The van der Waals surface area contributed by atoms with E-state index in [1.54, 1.807) is 0 Å². The number of rotatable bonds is 5. The molecule has 1 heterocycles. The van der Waals surface area contributed by atoms with E-state index in [9.17, 15) is 4.79 Å². The Bertz CT molecular complexity index is 447. The molecule has 2 N–H and O–H groups in total. The number of carbonyl (C=O) groups excluding carboxylic acids is 1. The first kappa shape index (κ1) is 15.0. The topological polar surface area (TPSA) is 41.1 Å². The number of amides is 1. The number of benzene rings is 1. The van der Waals surface area contributed by atoms with E-state index < -0.39 is 0 Å². The summed E-state index contributed by atoms with van der Waals surface area (Å²) in [5.74, 6) is 0.192. The van der Waals surface area contributed by atoms with Gasteiger partial charge in [-0.25, -0.2) is 0 Å². The Balaban J connectivity index is 2.02. The van der Waals surface area contributed by atoms with Crippen molar-refractivity contribution in [1.29, 1.82) is 0 Å². The zero-order valence-electron chi connectivity index (χ0n) is 12.8. The molecule has 1 aromatic carbocycles. The molecule has 0 aliphatic carbocycles. The predicted octanol–water partition coefficient (Wildman–Crippen LogP) is 2.82. The molecule has 0 spiro atoms. The van der Waals surface area contributed by atoms with E-state index in [-0.39, 0.29) is 17.4 Å². The fourth-order valence-electron chi connectivity index (χ4n) is 2.87. The van der Waals surface area contributed by atoms with E-state index in [1.165, 1.54) is 11.1 Å². The molecule has 0 aromatic heterocycles. The van der Waals surface area contributed by atoms with Crippen molar-refractivity contribution in [3.05, 3.63) is 35.4 Å². The molecule has 1 aliphatic rings. The van der Waals surface area contributed by atoms with Crippen molar-refractivity contribution >= 4 is 5.91 Å². The fourth-order valence-corrected chi connectivity index (χ4v) is 2.87. The average Bonchev–Trinajstić information content (AvgIpc) is 2.97. The lowest BCUT2D eigenvalue weighted by Gasteiger charge is -2.27. The second kappa shape index (κ2) is 6.40. The highest BCUT2D eigenvalue weighted by Crippen LogP contribution is 2.30. The number of aryl methyl sites for hydroxylation is 1. The molecule has 1 saturated heterocycles. The molecular formula is C17H26N2O. The largest absolute Gasteiger partial charge is 0.349 e. The molecule has 1 amide bonds.